The van der Waals surface area contributed by atoms with Crippen molar-refractivity contribution in [3.05, 3.63) is 40.7 Å². The maximum atomic E-state index is 12.3. The van der Waals surface area contributed by atoms with Gasteiger partial charge in [0, 0.05) is 29.8 Å². The minimum atomic E-state index is -0.403. The van der Waals surface area contributed by atoms with Gasteiger partial charge in [-0.05, 0) is 62.3 Å². The number of aromatic amines is 1. The lowest BCUT2D eigenvalue weighted by molar-refractivity contribution is -0.122. The quantitative estimate of drug-likeness (QED) is 0.426. The van der Waals surface area contributed by atoms with E-state index in [9.17, 15) is 14.4 Å². The summed E-state index contributed by atoms with van der Waals surface area (Å²) in [6.45, 7) is 0.374. The van der Waals surface area contributed by atoms with E-state index in [1.165, 1.54) is 0 Å². The van der Waals surface area contributed by atoms with Crippen molar-refractivity contribution in [2.24, 2.45) is 0 Å². The summed E-state index contributed by atoms with van der Waals surface area (Å²) in [6.07, 6.45) is 5.77. The lowest BCUT2D eigenvalue weighted by Gasteiger charge is -2.17. The van der Waals surface area contributed by atoms with Crippen LogP contribution >= 0.6 is 0 Å². The zero-order valence-electron chi connectivity index (χ0n) is 16.7. The summed E-state index contributed by atoms with van der Waals surface area (Å²) in [4.78, 5) is 35.7. The minimum absolute atomic E-state index is 0.0291. The molecular formula is C21H25N5O4. The second kappa shape index (κ2) is 8.98. The smallest absolute Gasteiger partial charge is 0.290 e. The number of H-pyrrole nitrogens is 1. The number of nitrogens with zero attached hydrogens (tertiary/aromatic N) is 1. The van der Waals surface area contributed by atoms with Gasteiger partial charge >= 0.3 is 0 Å². The van der Waals surface area contributed by atoms with Crippen LogP contribution in [0.2, 0.25) is 0 Å². The van der Waals surface area contributed by atoms with Crippen LogP contribution in [-0.2, 0) is 28.9 Å². The van der Waals surface area contributed by atoms with E-state index in [0.29, 0.717) is 37.3 Å². The van der Waals surface area contributed by atoms with E-state index in [0.717, 1.165) is 48.2 Å². The van der Waals surface area contributed by atoms with E-state index in [1.807, 2.05) is 12.1 Å². The van der Waals surface area contributed by atoms with Crippen molar-refractivity contribution in [3.8, 4) is 5.75 Å². The van der Waals surface area contributed by atoms with Crippen molar-refractivity contribution in [2.45, 2.75) is 51.4 Å². The van der Waals surface area contributed by atoms with Crippen molar-refractivity contribution < 1.29 is 19.1 Å². The van der Waals surface area contributed by atoms with Crippen LogP contribution < -0.4 is 20.9 Å². The standard InChI is InChI=1S/C21H25N5O4/c27-18-10-7-13-12-14(8-9-16(13)22-18)30-11-3-6-19(28)24-26-21(29)20-15-4-1-2-5-17(15)23-25-20/h8-9,12H,1-7,10-11H2,(H,22,27)(H,23,25)(H,24,28)(H,26,29). The van der Waals surface area contributed by atoms with Crippen molar-refractivity contribution in [3.63, 3.8) is 0 Å². The topological polar surface area (TPSA) is 125 Å². The highest BCUT2D eigenvalue weighted by Crippen LogP contribution is 2.27. The summed E-state index contributed by atoms with van der Waals surface area (Å²) in [5.41, 5.74) is 9.06. The van der Waals surface area contributed by atoms with Crippen LogP contribution in [-0.4, -0.2) is 34.5 Å². The first kappa shape index (κ1) is 19.9. The third-order valence-electron chi connectivity index (χ3n) is 5.38. The average molecular weight is 411 g/mol. The number of aromatic nitrogens is 2. The number of anilines is 1. The Labute approximate surface area is 173 Å². The summed E-state index contributed by atoms with van der Waals surface area (Å²) in [6, 6.07) is 5.55. The Kier molecular flexibility index (Phi) is 5.97. The molecule has 1 aromatic heterocycles. The van der Waals surface area contributed by atoms with E-state index < -0.39 is 5.91 Å². The number of aryl methyl sites for hydroxylation is 2. The molecule has 0 unspecified atom stereocenters. The molecule has 30 heavy (non-hydrogen) atoms. The van der Waals surface area contributed by atoms with Crippen molar-refractivity contribution in [1.82, 2.24) is 21.0 Å². The molecule has 1 aliphatic heterocycles. The van der Waals surface area contributed by atoms with Crippen molar-refractivity contribution >= 4 is 23.4 Å². The molecule has 0 spiro atoms. The monoisotopic (exact) mass is 411 g/mol. The second-order valence-electron chi connectivity index (χ2n) is 7.56. The lowest BCUT2D eigenvalue weighted by Crippen LogP contribution is -2.42. The van der Waals surface area contributed by atoms with Crippen LogP contribution in [0.3, 0.4) is 0 Å². The fourth-order valence-electron chi connectivity index (χ4n) is 3.79. The highest BCUT2D eigenvalue weighted by Gasteiger charge is 2.22. The highest BCUT2D eigenvalue weighted by molar-refractivity contribution is 5.95. The fourth-order valence-corrected chi connectivity index (χ4v) is 3.79. The Balaban J connectivity index is 1.17. The molecule has 4 rings (SSSR count). The average Bonchev–Trinajstić information content (AvgIpc) is 3.19. The first-order chi connectivity index (χ1) is 14.6. The van der Waals surface area contributed by atoms with Crippen LogP contribution in [0.15, 0.2) is 18.2 Å². The van der Waals surface area contributed by atoms with Gasteiger partial charge in [0.2, 0.25) is 11.8 Å². The number of carbonyl (C=O) groups excluding carboxylic acids is 3. The fraction of sp³-hybridized carbons (Fsp3) is 0.429. The molecule has 2 heterocycles. The van der Waals surface area contributed by atoms with Gasteiger partial charge in [-0.3, -0.25) is 30.3 Å². The number of benzene rings is 1. The van der Waals surface area contributed by atoms with Crippen LogP contribution in [0.1, 0.15) is 59.4 Å². The van der Waals surface area contributed by atoms with Crippen LogP contribution in [0.4, 0.5) is 5.69 Å². The number of hydrogen-bond acceptors (Lipinski definition) is 5. The highest BCUT2D eigenvalue weighted by atomic mass is 16.5. The van der Waals surface area contributed by atoms with Crippen LogP contribution in [0, 0.1) is 0 Å². The second-order valence-corrected chi connectivity index (χ2v) is 7.56. The Bertz CT molecular complexity index is 968. The molecule has 158 valence electrons. The molecule has 3 amide bonds. The zero-order chi connectivity index (χ0) is 20.9. The number of nitrogens with one attached hydrogen (secondary N) is 4. The number of amides is 3. The predicted octanol–water partition coefficient (Wildman–Crippen LogP) is 1.79. The first-order valence-corrected chi connectivity index (χ1v) is 10.3. The summed E-state index contributed by atoms with van der Waals surface area (Å²) in [5.74, 6) is 0.0491. The third-order valence-corrected chi connectivity index (χ3v) is 5.38. The minimum Gasteiger partial charge on any atom is -0.494 e. The van der Waals surface area contributed by atoms with E-state index in [-0.39, 0.29) is 18.2 Å². The SMILES string of the molecule is O=C(CCCOc1ccc2c(c1)CCC(=O)N2)NNC(=O)c1n[nH]c2c1CCCC2. The summed E-state index contributed by atoms with van der Waals surface area (Å²) >= 11 is 0. The molecule has 0 fully saturated rings. The summed E-state index contributed by atoms with van der Waals surface area (Å²) < 4.78 is 5.70. The molecule has 2 aromatic rings. The predicted molar refractivity (Wildman–Crippen MR) is 109 cm³/mol. The zero-order valence-corrected chi connectivity index (χ0v) is 16.7. The molecule has 2 aliphatic rings. The molecular weight excluding hydrogens is 386 g/mol. The summed E-state index contributed by atoms with van der Waals surface area (Å²) in [7, 11) is 0. The molecule has 1 aromatic carbocycles. The molecule has 0 radical (unpaired) electrons. The molecule has 4 N–H and O–H groups in total. The van der Waals surface area contributed by atoms with Gasteiger partial charge in [-0.2, -0.15) is 5.10 Å². The van der Waals surface area contributed by atoms with E-state index in [2.05, 4.69) is 26.4 Å². The molecule has 0 atom stereocenters. The van der Waals surface area contributed by atoms with Crippen LogP contribution in [0.25, 0.3) is 0 Å². The van der Waals surface area contributed by atoms with Gasteiger partial charge in [-0.15, -0.1) is 0 Å². The van der Waals surface area contributed by atoms with E-state index >= 15 is 0 Å². The molecule has 1 aliphatic carbocycles. The van der Waals surface area contributed by atoms with Gasteiger partial charge < -0.3 is 10.1 Å². The van der Waals surface area contributed by atoms with Crippen LogP contribution in [0.5, 0.6) is 5.75 Å². The third kappa shape index (κ3) is 4.61. The summed E-state index contributed by atoms with van der Waals surface area (Å²) in [5, 5.41) is 9.83. The molecule has 9 heteroatoms. The normalized spacial score (nSPS) is 14.9. The Morgan fingerprint density at radius 2 is 1.97 bits per heavy atom. The Morgan fingerprint density at radius 1 is 1.10 bits per heavy atom. The van der Waals surface area contributed by atoms with Crippen molar-refractivity contribution in [2.75, 3.05) is 11.9 Å². The Morgan fingerprint density at radius 3 is 2.87 bits per heavy atom. The van der Waals surface area contributed by atoms with Crippen molar-refractivity contribution in [1.29, 1.82) is 0 Å². The number of rotatable bonds is 6. The molecule has 0 bridgehead atoms. The molecule has 0 saturated heterocycles. The van der Waals surface area contributed by atoms with Gasteiger partial charge in [0.25, 0.3) is 5.91 Å². The van der Waals surface area contributed by atoms with Gasteiger partial charge in [0.1, 0.15) is 5.75 Å². The number of carbonyl (C=O) groups is 3. The van der Waals surface area contributed by atoms with Gasteiger partial charge in [-0.25, -0.2) is 0 Å². The first-order valence-electron chi connectivity index (χ1n) is 10.3. The maximum absolute atomic E-state index is 12.3. The van der Waals surface area contributed by atoms with Gasteiger partial charge in [0.05, 0.1) is 6.61 Å². The van der Waals surface area contributed by atoms with Gasteiger partial charge in [-0.1, -0.05) is 0 Å². The lowest BCUT2D eigenvalue weighted by atomic mass is 9.96. The number of hydrogen-bond donors (Lipinski definition) is 4. The number of hydrazine groups is 1. The molecule has 9 nitrogen and oxygen atoms in total. The van der Waals surface area contributed by atoms with Gasteiger partial charge in [0.15, 0.2) is 5.69 Å². The maximum Gasteiger partial charge on any atom is 0.290 e. The largest absolute Gasteiger partial charge is 0.494 e. The van der Waals surface area contributed by atoms with E-state index in [1.54, 1.807) is 6.07 Å². The number of fused-ring (bicyclic) bond motifs is 2. The molecule has 0 saturated carbocycles. The van der Waals surface area contributed by atoms with E-state index in [4.69, 9.17) is 4.74 Å². The Hall–Kier alpha value is -3.36. The number of ether oxygens (including phenoxy) is 1.